The van der Waals surface area contributed by atoms with Crippen LogP contribution in [0.2, 0.25) is 0 Å². The van der Waals surface area contributed by atoms with E-state index in [-0.39, 0.29) is 0 Å². The molecule has 0 spiro atoms. The molecule has 0 saturated carbocycles. The third kappa shape index (κ3) is 2.51. The van der Waals surface area contributed by atoms with E-state index in [1.54, 1.807) is 0 Å². The van der Waals surface area contributed by atoms with Crippen molar-refractivity contribution in [1.82, 2.24) is 0 Å². The zero-order valence-corrected chi connectivity index (χ0v) is 9.00. The van der Waals surface area contributed by atoms with Crippen LogP contribution in [0, 0.1) is 0 Å². The third-order valence-electron chi connectivity index (χ3n) is 1.44. The third-order valence-corrected chi connectivity index (χ3v) is 3.27. The lowest BCUT2D eigenvalue weighted by Gasteiger charge is -2.13. The fraction of sp³-hybridized carbons (Fsp3) is 0.429. The number of ketones is 1. The smallest absolute Gasteiger partial charge is 0.379 e. The number of esters is 1. The van der Waals surface area contributed by atoms with Crippen LogP contribution in [0.25, 0.3) is 0 Å². The number of Topliss-reactive ketones (excluding diaryl/α,β-unsaturated/α-hetero) is 1. The van der Waals surface area contributed by atoms with E-state index in [9.17, 15) is 14.2 Å². The summed E-state index contributed by atoms with van der Waals surface area (Å²) >= 11 is 0. The van der Waals surface area contributed by atoms with Crippen molar-refractivity contribution in [3.05, 3.63) is 11.9 Å². The van der Waals surface area contributed by atoms with E-state index in [2.05, 4.69) is 20.4 Å². The summed E-state index contributed by atoms with van der Waals surface area (Å²) in [5, 5.41) is -0.547. The number of rotatable bonds is 5. The zero-order chi connectivity index (χ0) is 11.4. The van der Waals surface area contributed by atoms with Gasteiger partial charge in [0.1, 0.15) is 5.31 Å². The van der Waals surface area contributed by atoms with Crippen LogP contribution in [0.3, 0.4) is 0 Å². The van der Waals surface area contributed by atoms with Crippen LogP contribution in [0.1, 0.15) is 0 Å². The second kappa shape index (κ2) is 5.05. The summed E-state index contributed by atoms with van der Waals surface area (Å²) in [4.78, 5) is 21.9. The quantitative estimate of drug-likeness (QED) is 0.295. The highest BCUT2D eigenvalue weighted by atomic mass is 31.2. The van der Waals surface area contributed by atoms with Gasteiger partial charge in [-0.3, -0.25) is 9.36 Å². The molecule has 0 aliphatic rings. The summed E-state index contributed by atoms with van der Waals surface area (Å²) in [5.41, 5.74) is 0. The van der Waals surface area contributed by atoms with Crippen LogP contribution in [-0.4, -0.2) is 33.1 Å². The van der Waals surface area contributed by atoms with Crippen molar-refractivity contribution >= 4 is 19.3 Å². The molecule has 0 rings (SSSR count). The Morgan fingerprint density at radius 3 is 1.86 bits per heavy atom. The second-order valence-electron chi connectivity index (χ2n) is 2.13. The number of methoxy groups -OCH3 is 1. The SMILES string of the molecule is C=C(C(=O)C(=O)OC)P(=O)(OC)OC. The summed E-state index contributed by atoms with van der Waals surface area (Å²) in [6.07, 6.45) is 0. The van der Waals surface area contributed by atoms with Crippen molar-refractivity contribution in [2.75, 3.05) is 21.3 Å². The van der Waals surface area contributed by atoms with Crippen molar-refractivity contribution in [2.45, 2.75) is 0 Å². The molecule has 0 aromatic heterocycles. The molecule has 0 atom stereocenters. The minimum Gasteiger partial charge on any atom is -0.463 e. The second-order valence-corrected chi connectivity index (χ2v) is 4.40. The molecule has 0 amide bonds. The Kier molecular flexibility index (Phi) is 4.70. The van der Waals surface area contributed by atoms with Crippen LogP contribution in [0.5, 0.6) is 0 Å². The van der Waals surface area contributed by atoms with Gasteiger partial charge < -0.3 is 13.8 Å². The molecule has 6 nitrogen and oxygen atoms in total. The molecule has 0 N–H and O–H groups in total. The van der Waals surface area contributed by atoms with Gasteiger partial charge in [-0.1, -0.05) is 6.58 Å². The molecule has 14 heavy (non-hydrogen) atoms. The van der Waals surface area contributed by atoms with E-state index in [0.29, 0.717) is 0 Å². The number of carbonyl (C=O) groups excluding carboxylic acids is 2. The van der Waals surface area contributed by atoms with E-state index in [1.165, 1.54) is 0 Å². The molecule has 0 aliphatic heterocycles. The Hall–Kier alpha value is -0.970. The Morgan fingerprint density at radius 1 is 1.14 bits per heavy atom. The van der Waals surface area contributed by atoms with Crippen molar-refractivity contribution in [2.24, 2.45) is 0 Å². The average molecular weight is 222 g/mol. The molecule has 0 aliphatic carbocycles. The van der Waals surface area contributed by atoms with Gasteiger partial charge in [-0.05, 0) is 0 Å². The molecule has 0 fully saturated rings. The first-order chi connectivity index (χ1) is 6.42. The Labute approximate surface area is 81.4 Å². The topological polar surface area (TPSA) is 78.9 Å². The fourth-order valence-corrected chi connectivity index (χ4v) is 1.56. The van der Waals surface area contributed by atoms with Crippen LogP contribution in [0.15, 0.2) is 11.9 Å². The van der Waals surface area contributed by atoms with Crippen molar-refractivity contribution in [1.29, 1.82) is 0 Å². The van der Waals surface area contributed by atoms with Crippen molar-refractivity contribution in [3.63, 3.8) is 0 Å². The molecule has 0 bridgehead atoms. The highest BCUT2D eigenvalue weighted by molar-refractivity contribution is 7.60. The fourth-order valence-electron chi connectivity index (χ4n) is 0.630. The van der Waals surface area contributed by atoms with Crippen LogP contribution in [0.4, 0.5) is 0 Å². The first-order valence-electron chi connectivity index (χ1n) is 3.46. The molecule has 0 saturated heterocycles. The molecule has 0 aromatic rings. The summed E-state index contributed by atoms with van der Waals surface area (Å²) in [6.45, 7) is 3.17. The van der Waals surface area contributed by atoms with Gasteiger partial charge in [0.25, 0.3) is 5.78 Å². The van der Waals surface area contributed by atoms with Gasteiger partial charge in [0.05, 0.1) is 7.11 Å². The number of carbonyl (C=O) groups is 2. The molecule has 80 valence electrons. The Morgan fingerprint density at radius 2 is 1.57 bits per heavy atom. The molecular weight excluding hydrogens is 211 g/mol. The summed E-state index contributed by atoms with van der Waals surface area (Å²) in [5.74, 6) is -2.29. The van der Waals surface area contributed by atoms with Crippen LogP contribution in [-0.2, 0) is 27.9 Å². The van der Waals surface area contributed by atoms with E-state index in [4.69, 9.17) is 0 Å². The maximum atomic E-state index is 11.5. The minimum atomic E-state index is -3.74. The summed E-state index contributed by atoms with van der Waals surface area (Å²) in [6, 6.07) is 0. The first-order valence-corrected chi connectivity index (χ1v) is 5.00. The number of hydrogen-bond acceptors (Lipinski definition) is 6. The van der Waals surface area contributed by atoms with Crippen molar-refractivity contribution < 1.29 is 27.9 Å². The van der Waals surface area contributed by atoms with E-state index in [1.807, 2.05) is 0 Å². The molecular formula is C7H11O6P. The lowest BCUT2D eigenvalue weighted by Crippen LogP contribution is -2.18. The van der Waals surface area contributed by atoms with E-state index >= 15 is 0 Å². The average Bonchev–Trinajstić information content (AvgIpc) is 2.24. The maximum absolute atomic E-state index is 11.5. The van der Waals surface area contributed by atoms with Gasteiger partial charge in [0.15, 0.2) is 0 Å². The Balaban J connectivity index is 4.87. The van der Waals surface area contributed by atoms with Gasteiger partial charge in [0.2, 0.25) is 0 Å². The van der Waals surface area contributed by atoms with Crippen molar-refractivity contribution in [3.8, 4) is 0 Å². The number of ether oxygens (including phenoxy) is 1. The van der Waals surface area contributed by atoms with Gasteiger partial charge in [-0.2, -0.15) is 0 Å². The van der Waals surface area contributed by atoms with E-state index in [0.717, 1.165) is 21.3 Å². The highest BCUT2D eigenvalue weighted by Crippen LogP contribution is 2.54. The predicted octanol–water partition coefficient (Wildman–Crippen LogP) is 0.728. The standard InChI is InChI=1S/C7H11O6P/c1-5(6(8)7(9)11-2)14(10,12-3)13-4/h1H2,2-4H3. The largest absolute Gasteiger partial charge is 0.463 e. The van der Waals surface area contributed by atoms with Gasteiger partial charge >= 0.3 is 13.6 Å². The molecule has 0 unspecified atom stereocenters. The van der Waals surface area contributed by atoms with Crippen LogP contribution >= 0.6 is 7.60 Å². The Bertz CT molecular complexity index is 299. The lowest BCUT2D eigenvalue weighted by molar-refractivity contribution is -0.149. The lowest BCUT2D eigenvalue weighted by atomic mass is 10.4. The number of hydrogen-bond donors (Lipinski definition) is 0. The first kappa shape index (κ1) is 13.0. The normalized spacial score (nSPS) is 10.8. The van der Waals surface area contributed by atoms with Crippen LogP contribution < -0.4 is 0 Å². The maximum Gasteiger partial charge on any atom is 0.379 e. The molecule has 7 heteroatoms. The minimum absolute atomic E-state index is 0.547. The molecule has 0 aromatic carbocycles. The molecule has 0 heterocycles. The molecule has 0 radical (unpaired) electrons. The van der Waals surface area contributed by atoms with Gasteiger partial charge in [-0.15, -0.1) is 0 Å². The van der Waals surface area contributed by atoms with E-state index < -0.39 is 24.7 Å². The zero-order valence-electron chi connectivity index (χ0n) is 8.10. The van der Waals surface area contributed by atoms with Gasteiger partial charge in [0, 0.05) is 14.2 Å². The predicted molar refractivity (Wildman–Crippen MR) is 47.8 cm³/mol. The highest BCUT2D eigenvalue weighted by Gasteiger charge is 2.35. The summed E-state index contributed by atoms with van der Waals surface area (Å²) < 4.78 is 24.6. The monoisotopic (exact) mass is 222 g/mol. The van der Waals surface area contributed by atoms with Gasteiger partial charge in [-0.25, -0.2) is 4.79 Å². The summed E-state index contributed by atoms with van der Waals surface area (Å²) in [7, 11) is -0.548.